The molecule has 9 nitrogen and oxygen atoms in total. The number of hydrogen-bond acceptors (Lipinski definition) is 2. The molecule has 0 atom stereocenters. The molecule has 0 bridgehead atoms. The standard InChI is InChI=1S/3C20H17F3N3.Ir/c1-19(2,3)13-7-6-8-15(9-13)26-12-25(5)18-16(20(21,22)23)10-14(24-4)11-17(18)26;2*1-19(2,3)14-6-5-7-15(10-14)26-12-25(4)18-16(20(21,22)23)8-13(11-24)9-17(18)26;/h6-7,9-11H,1-3,5H3;2*5-6,8-10H,1-4H3;/q3*+1;+3. The van der Waals surface area contributed by atoms with Gasteiger partial charge in [0.05, 0.1) is 29.8 Å². The van der Waals surface area contributed by atoms with E-state index < -0.39 is 35.2 Å². The van der Waals surface area contributed by atoms with E-state index in [0.717, 1.165) is 34.9 Å². The minimum absolute atomic E-state index is 0. The maximum Gasteiger partial charge on any atom is 3.00 e. The van der Waals surface area contributed by atoms with E-state index >= 15 is 0 Å². The Labute approximate surface area is 465 Å². The molecule has 0 N–H and O–H groups in total. The van der Waals surface area contributed by atoms with Gasteiger partial charge >= 0.3 is 73.7 Å². The van der Waals surface area contributed by atoms with Crippen molar-refractivity contribution in [1.29, 1.82) is 10.5 Å². The SMILES string of the molecule is C[N+]1=C=[N+](c2[c-]ccc(C(C)(C)C)c2)c2cc(C#N)cc(C(F)(F)F)c21.C[N+]1=C=[N+](c2[c-]ccc(C(C)(C)C)c2)c2cc(C#N)cc(C(F)(F)F)c21.[C-]#[N+]c1cc2c(c(C(F)(F)F)c1)[N+](C)=C=[N+]2c1[c-]ccc(C(C)(C)C)c1.[Ir+3]. The van der Waals surface area contributed by atoms with Crippen molar-refractivity contribution >= 4 is 74.9 Å². The van der Waals surface area contributed by atoms with Crippen LogP contribution in [0.2, 0.25) is 0 Å². The topological polar surface area (TPSA) is 70.0 Å². The van der Waals surface area contributed by atoms with Crippen LogP contribution in [0.4, 0.5) is 96.4 Å². The number of nitrogens with zero attached hydrogens (tertiary/aromatic N) is 9. The first kappa shape index (κ1) is 60.2. The van der Waals surface area contributed by atoms with Crippen LogP contribution in [0.25, 0.3) is 4.85 Å². The Morgan fingerprint density at radius 1 is 0.456 bits per heavy atom. The molecule has 0 unspecified atom stereocenters. The van der Waals surface area contributed by atoms with Gasteiger partial charge < -0.3 is 0 Å². The minimum Gasteiger partial charge on any atom is -0.238 e. The van der Waals surface area contributed by atoms with Crippen LogP contribution in [0, 0.1) is 47.4 Å². The summed E-state index contributed by atoms with van der Waals surface area (Å²) >= 11 is 0. The molecular formula is C60H51F9IrN9+6. The van der Waals surface area contributed by atoms with Gasteiger partial charge in [-0.2, -0.15) is 86.4 Å². The van der Waals surface area contributed by atoms with Gasteiger partial charge in [0.25, 0.3) is 17.1 Å². The molecule has 0 spiro atoms. The third kappa shape index (κ3) is 12.6. The molecule has 3 aliphatic heterocycles. The number of halogens is 9. The van der Waals surface area contributed by atoms with E-state index in [4.69, 9.17) is 17.1 Å². The number of rotatable bonds is 3. The maximum atomic E-state index is 13.5. The van der Waals surface area contributed by atoms with Crippen LogP contribution in [-0.2, 0) is 54.9 Å². The molecule has 3 aliphatic rings. The molecule has 6 aromatic rings. The van der Waals surface area contributed by atoms with E-state index in [1.807, 2.05) is 48.5 Å². The first-order valence-corrected chi connectivity index (χ1v) is 24.0. The molecule has 0 aromatic heterocycles. The van der Waals surface area contributed by atoms with Crippen LogP contribution >= 0.6 is 0 Å². The number of nitriles is 2. The fourth-order valence-electron chi connectivity index (χ4n) is 8.71. The molecule has 0 amide bonds. The van der Waals surface area contributed by atoms with E-state index in [9.17, 15) is 39.5 Å². The van der Waals surface area contributed by atoms with Crippen molar-refractivity contribution in [3.63, 3.8) is 0 Å². The van der Waals surface area contributed by atoms with E-state index in [0.29, 0.717) is 17.1 Å². The van der Waals surface area contributed by atoms with Gasteiger partial charge in [-0.3, -0.25) is 0 Å². The molecule has 0 saturated carbocycles. The molecule has 19 heteroatoms. The zero-order valence-corrected chi connectivity index (χ0v) is 47.3. The molecular weight excluding hydrogens is 1210 g/mol. The second-order valence-corrected chi connectivity index (χ2v) is 21.6. The quantitative estimate of drug-likeness (QED) is 0.101. The molecule has 6 aromatic carbocycles. The van der Waals surface area contributed by atoms with Crippen molar-refractivity contribution in [2.45, 2.75) is 97.1 Å². The van der Waals surface area contributed by atoms with Crippen molar-refractivity contribution < 1.29 is 73.3 Å². The van der Waals surface area contributed by atoms with E-state index in [-0.39, 0.29) is 87.3 Å². The Balaban J connectivity index is 0.000000190. The van der Waals surface area contributed by atoms with Crippen molar-refractivity contribution in [2.75, 3.05) is 21.1 Å². The maximum absolute atomic E-state index is 13.5. The second-order valence-electron chi connectivity index (χ2n) is 21.6. The van der Waals surface area contributed by atoms with Crippen LogP contribution in [0.3, 0.4) is 0 Å². The van der Waals surface area contributed by atoms with Crippen LogP contribution < -0.4 is 13.7 Å². The third-order valence-corrected chi connectivity index (χ3v) is 12.7. The van der Waals surface area contributed by atoms with Gasteiger partial charge in [-0.05, 0) is 34.4 Å². The van der Waals surface area contributed by atoms with Gasteiger partial charge in [-0.25, -0.2) is 4.85 Å². The van der Waals surface area contributed by atoms with Gasteiger partial charge in [-0.1, -0.05) is 108 Å². The summed E-state index contributed by atoms with van der Waals surface area (Å²) in [6.07, 6.45) is -13.7. The monoisotopic (exact) mass is 1260 g/mol. The first-order valence-electron chi connectivity index (χ1n) is 24.0. The largest absolute Gasteiger partial charge is 3.00 e. The Kier molecular flexibility index (Phi) is 16.5. The fourth-order valence-corrected chi connectivity index (χ4v) is 8.71. The van der Waals surface area contributed by atoms with E-state index in [2.05, 4.69) is 103 Å². The summed E-state index contributed by atoms with van der Waals surface area (Å²) in [6, 6.07) is 45.1. The fraction of sp³-hybridized carbons (Fsp3) is 0.300. The van der Waals surface area contributed by atoms with Crippen molar-refractivity contribution in [3.8, 4) is 12.1 Å². The van der Waals surface area contributed by atoms with Crippen LogP contribution in [0.15, 0.2) is 91.0 Å². The summed E-state index contributed by atoms with van der Waals surface area (Å²) in [5, 5.41) is 18.3. The van der Waals surface area contributed by atoms with E-state index in [1.54, 1.807) is 18.2 Å². The summed E-state index contributed by atoms with van der Waals surface area (Å²) in [5.74, 6) is 0. The Hall–Kier alpha value is -8.05. The van der Waals surface area contributed by atoms with Crippen molar-refractivity contribution in [3.05, 3.63) is 165 Å². The molecule has 9 rings (SSSR count). The van der Waals surface area contributed by atoms with Gasteiger partial charge in [0, 0.05) is 18.2 Å². The van der Waals surface area contributed by atoms with E-state index in [1.165, 1.54) is 66.8 Å². The summed E-state index contributed by atoms with van der Waals surface area (Å²) < 4.78 is 130. The average Bonchev–Trinajstić information content (AvgIpc) is 4.24. The minimum atomic E-state index is -4.57. The first-order chi connectivity index (χ1) is 36.1. The zero-order valence-electron chi connectivity index (χ0n) is 44.9. The molecule has 3 heterocycles. The molecule has 79 heavy (non-hydrogen) atoms. The summed E-state index contributed by atoms with van der Waals surface area (Å²) in [5.41, 5.74) is 2.49. The number of alkyl halides is 9. The van der Waals surface area contributed by atoms with Gasteiger partial charge in [0.15, 0.2) is 26.8 Å². The zero-order chi connectivity index (χ0) is 57.8. The summed E-state index contributed by atoms with van der Waals surface area (Å²) in [4.78, 5) is 3.20. The van der Waals surface area contributed by atoms with Crippen molar-refractivity contribution in [1.82, 2.24) is 13.7 Å². The molecule has 0 aliphatic carbocycles. The third-order valence-electron chi connectivity index (χ3n) is 12.7. The number of fused-ring (bicyclic) bond motifs is 3. The molecule has 0 fully saturated rings. The van der Waals surface area contributed by atoms with Crippen LogP contribution in [0.1, 0.15) is 107 Å². The second kappa shape index (κ2) is 21.6. The summed E-state index contributed by atoms with van der Waals surface area (Å²) in [7, 11) is 4.53. The average molecular weight is 1260 g/mol. The van der Waals surface area contributed by atoms with Crippen LogP contribution in [0.5, 0.6) is 0 Å². The van der Waals surface area contributed by atoms with Gasteiger partial charge in [0.1, 0.15) is 33.8 Å². The molecule has 0 radical (unpaired) electrons. The van der Waals surface area contributed by atoms with Crippen LogP contribution in [-0.4, -0.2) is 52.9 Å². The smallest absolute Gasteiger partial charge is 0.238 e. The predicted molar refractivity (Wildman–Crippen MR) is 279 cm³/mol. The molecule has 0 saturated heterocycles. The van der Waals surface area contributed by atoms with Gasteiger partial charge in [0.2, 0.25) is 0 Å². The Bertz CT molecular complexity index is 3440. The predicted octanol–water partition coefficient (Wildman–Crippen LogP) is 15.6. The Morgan fingerprint density at radius 3 is 0.987 bits per heavy atom. The number of hydrogen-bond donors (Lipinski definition) is 0. The van der Waals surface area contributed by atoms with Crippen molar-refractivity contribution in [2.24, 2.45) is 0 Å². The summed E-state index contributed by atoms with van der Waals surface area (Å²) in [6.45, 7) is 25.6. The number of benzene rings is 6. The van der Waals surface area contributed by atoms with Gasteiger partial charge in [-0.15, -0.1) is 34.9 Å². The normalized spacial score (nSPS) is 13.6. The Morgan fingerprint density at radius 2 is 0.734 bits per heavy atom. The molecule has 402 valence electrons.